The Morgan fingerprint density at radius 1 is 1.25 bits per heavy atom. The Hall–Kier alpha value is -1.24. The summed E-state index contributed by atoms with van der Waals surface area (Å²) >= 11 is 1.81. The molecule has 1 N–H and O–H groups in total. The van der Waals surface area contributed by atoms with E-state index in [-0.39, 0.29) is 6.10 Å². The van der Waals surface area contributed by atoms with Crippen LogP contribution in [0.25, 0.3) is 10.2 Å². The molecular weight excluding hydrogens is 274 g/mol. The van der Waals surface area contributed by atoms with E-state index in [1.807, 2.05) is 7.05 Å². The maximum absolute atomic E-state index is 5.72. The second-order valence-electron chi connectivity index (χ2n) is 5.15. The molecule has 2 aromatic heterocycles. The minimum atomic E-state index is -0.141. The van der Waals surface area contributed by atoms with Crippen LogP contribution in [0.4, 0.5) is 5.82 Å². The van der Waals surface area contributed by atoms with Gasteiger partial charge in [-0.2, -0.15) is 0 Å². The summed E-state index contributed by atoms with van der Waals surface area (Å²) in [5, 5.41) is 4.44. The molecule has 0 amide bonds. The number of hydrogen-bond donors (Lipinski definition) is 1. The van der Waals surface area contributed by atoms with Crippen LogP contribution in [0.2, 0.25) is 0 Å². The first-order chi connectivity index (χ1) is 9.86. The molecule has 0 aromatic carbocycles. The quantitative estimate of drug-likeness (QED) is 0.920. The van der Waals surface area contributed by atoms with Gasteiger partial charge in [-0.15, -0.1) is 11.3 Å². The summed E-state index contributed by atoms with van der Waals surface area (Å²) in [6.07, 6.45) is 3.44. The fourth-order valence-electron chi connectivity index (χ4n) is 2.97. The molecule has 5 nitrogen and oxygen atoms in total. The van der Waals surface area contributed by atoms with Crippen LogP contribution in [-0.4, -0.2) is 36.8 Å². The molecule has 1 fully saturated rings. The number of anilines is 1. The van der Waals surface area contributed by atoms with Crippen molar-refractivity contribution >= 4 is 27.4 Å². The Labute approximate surface area is 121 Å². The van der Waals surface area contributed by atoms with Crippen LogP contribution in [0.3, 0.4) is 0 Å². The van der Waals surface area contributed by atoms with Crippen LogP contribution in [0.1, 0.15) is 28.8 Å². The van der Waals surface area contributed by atoms with E-state index in [1.54, 1.807) is 11.3 Å². The van der Waals surface area contributed by atoms with Crippen molar-refractivity contribution in [3.05, 3.63) is 16.3 Å². The smallest absolute Gasteiger partial charge is 0.163 e. The number of rotatable bonds is 2. The van der Waals surface area contributed by atoms with Crippen molar-refractivity contribution in [3.8, 4) is 0 Å². The highest BCUT2D eigenvalue weighted by molar-refractivity contribution is 7.19. The molecular formula is C14H17N3O2S. The summed E-state index contributed by atoms with van der Waals surface area (Å²) in [4.78, 5) is 12.0. The Bertz CT molecular complexity index is 649. The Balaban J connectivity index is 1.84. The maximum atomic E-state index is 5.72. The van der Waals surface area contributed by atoms with Gasteiger partial charge in [0.05, 0.1) is 25.2 Å². The zero-order valence-electron chi connectivity index (χ0n) is 11.4. The van der Waals surface area contributed by atoms with E-state index in [9.17, 15) is 0 Å². The average Bonchev–Trinajstić information content (AvgIpc) is 3.07. The molecule has 1 atom stereocenters. The van der Waals surface area contributed by atoms with Crippen LogP contribution >= 0.6 is 11.3 Å². The summed E-state index contributed by atoms with van der Waals surface area (Å²) in [6, 6.07) is 0. The van der Waals surface area contributed by atoms with E-state index in [0.29, 0.717) is 19.8 Å². The lowest BCUT2D eigenvalue weighted by molar-refractivity contribution is -0.0933. The molecule has 6 heteroatoms. The van der Waals surface area contributed by atoms with Crippen molar-refractivity contribution in [1.29, 1.82) is 0 Å². The van der Waals surface area contributed by atoms with E-state index in [4.69, 9.17) is 14.5 Å². The maximum Gasteiger partial charge on any atom is 0.163 e. The summed E-state index contributed by atoms with van der Waals surface area (Å²) in [7, 11) is 1.92. The molecule has 4 rings (SSSR count). The zero-order chi connectivity index (χ0) is 13.5. The number of aromatic nitrogens is 2. The second kappa shape index (κ2) is 4.95. The first kappa shape index (κ1) is 12.5. The standard InChI is InChI=1S/C14H17N3O2S/c1-15-13-11-8-3-2-4-10(8)20-14(11)17-12(16-13)9-7-18-5-6-19-9/h9H,2-7H2,1H3,(H,15,16,17). The lowest BCUT2D eigenvalue weighted by Crippen LogP contribution is -2.23. The van der Waals surface area contributed by atoms with Crippen LogP contribution in [0.5, 0.6) is 0 Å². The van der Waals surface area contributed by atoms with E-state index < -0.39 is 0 Å². The lowest BCUT2D eigenvalue weighted by Gasteiger charge is -2.22. The predicted octanol–water partition coefficient (Wildman–Crippen LogP) is 2.31. The normalized spacial score (nSPS) is 22.1. The highest BCUT2D eigenvalue weighted by Crippen LogP contribution is 2.40. The number of fused-ring (bicyclic) bond motifs is 3. The topological polar surface area (TPSA) is 56.3 Å². The molecule has 0 spiro atoms. The van der Waals surface area contributed by atoms with Gasteiger partial charge in [0.25, 0.3) is 0 Å². The van der Waals surface area contributed by atoms with Gasteiger partial charge in [0, 0.05) is 11.9 Å². The van der Waals surface area contributed by atoms with Crippen molar-refractivity contribution in [2.75, 3.05) is 32.2 Å². The fourth-order valence-corrected chi connectivity index (χ4v) is 4.24. The van der Waals surface area contributed by atoms with Gasteiger partial charge in [-0.05, 0) is 24.8 Å². The van der Waals surface area contributed by atoms with Gasteiger partial charge in [0.15, 0.2) is 5.82 Å². The van der Waals surface area contributed by atoms with Crippen molar-refractivity contribution in [2.24, 2.45) is 0 Å². The molecule has 1 unspecified atom stereocenters. The summed E-state index contributed by atoms with van der Waals surface area (Å²) in [5.41, 5.74) is 1.45. The average molecular weight is 291 g/mol. The van der Waals surface area contributed by atoms with Crippen molar-refractivity contribution in [3.63, 3.8) is 0 Å². The molecule has 0 radical (unpaired) electrons. The van der Waals surface area contributed by atoms with E-state index >= 15 is 0 Å². The molecule has 1 saturated heterocycles. The number of nitrogens with one attached hydrogen (secondary N) is 1. The third-order valence-corrected chi connectivity index (χ3v) is 5.11. The Morgan fingerprint density at radius 2 is 2.20 bits per heavy atom. The van der Waals surface area contributed by atoms with E-state index in [0.717, 1.165) is 22.9 Å². The third-order valence-electron chi connectivity index (χ3n) is 3.92. The summed E-state index contributed by atoms with van der Waals surface area (Å²) in [6.45, 7) is 1.81. The SMILES string of the molecule is CNc1nc(C2COCCO2)nc2sc3c(c12)CCC3. The highest BCUT2D eigenvalue weighted by Gasteiger charge is 2.25. The van der Waals surface area contributed by atoms with Crippen LogP contribution < -0.4 is 5.32 Å². The largest absolute Gasteiger partial charge is 0.376 e. The summed E-state index contributed by atoms with van der Waals surface area (Å²) in [5.74, 6) is 1.67. The van der Waals surface area contributed by atoms with Crippen molar-refractivity contribution < 1.29 is 9.47 Å². The number of ether oxygens (including phenoxy) is 2. The first-order valence-corrected chi connectivity index (χ1v) is 7.87. The minimum Gasteiger partial charge on any atom is -0.376 e. The fraction of sp³-hybridized carbons (Fsp3) is 0.571. The number of aryl methyl sites for hydroxylation is 2. The summed E-state index contributed by atoms with van der Waals surface area (Å²) < 4.78 is 11.2. The lowest BCUT2D eigenvalue weighted by atomic mass is 10.2. The monoisotopic (exact) mass is 291 g/mol. The first-order valence-electron chi connectivity index (χ1n) is 7.06. The van der Waals surface area contributed by atoms with Crippen molar-refractivity contribution in [1.82, 2.24) is 9.97 Å². The molecule has 1 aliphatic heterocycles. The predicted molar refractivity (Wildman–Crippen MR) is 78.5 cm³/mol. The number of thiophene rings is 1. The zero-order valence-corrected chi connectivity index (χ0v) is 12.3. The molecule has 0 saturated carbocycles. The van der Waals surface area contributed by atoms with Crippen LogP contribution in [0, 0.1) is 0 Å². The van der Waals surface area contributed by atoms with Gasteiger partial charge in [0.1, 0.15) is 16.8 Å². The number of hydrogen-bond acceptors (Lipinski definition) is 6. The van der Waals surface area contributed by atoms with Gasteiger partial charge in [-0.3, -0.25) is 0 Å². The highest BCUT2D eigenvalue weighted by atomic mass is 32.1. The molecule has 0 bridgehead atoms. The Morgan fingerprint density at radius 3 is 3.00 bits per heavy atom. The molecule has 106 valence electrons. The van der Waals surface area contributed by atoms with Crippen molar-refractivity contribution in [2.45, 2.75) is 25.4 Å². The van der Waals surface area contributed by atoms with E-state index in [1.165, 1.54) is 28.7 Å². The molecule has 2 aromatic rings. The van der Waals surface area contributed by atoms with Crippen LogP contribution in [-0.2, 0) is 22.3 Å². The Kier molecular flexibility index (Phi) is 3.09. The molecule has 3 heterocycles. The number of nitrogens with zero attached hydrogens (tertiary/aromatic N) is 2. The van der Waals surface area contributed by atoms with Gasteiger partial charge in [-0.25, -0.2) is 9.97 Å². The van der Waals surface area contributed by atoms with Crippen LogP contribution in [0.15, 0.2) is 0 Å². The van der Waals surface area contributed by atoms with E-state index in [2.05, 4.69) is 10.3 Å². The third kappa shape index (κ3) is 1.90. The second-order valence-corrected chi connectivity index (χ2v) is 6.24. The molecule has 20 heavy (non-hydrogen) atoms. The van der Waals surface area contributed by atoms with Gasteiger partial charge in [0.2, 0.25) is 0 Å². The van der Waals surface area contributed by atoms with Gasteiger partial charge < -0.3 is 14.8 Å². The van der Waals surface area contributed by atoms with Gasteiger partial charge in [-0.1, -0.05) is 0 Å². The molecule has 2 aliphatic rings. The molecule has 1 aliphatic carbocycles. The minimum absolute atomic E-state index is 0.141. The van der Waals surface area contributed by atoms with Gasteiger partial charge >= 0.3 is 0 Å².